The van der Waals surface area contributed by atoms with Crippen LogP contribution in [0.2, 0.25) is 0 Å². The molecule has 1 N–H and O–H groups in total. The number of halogens is 3. The number of aliphatic hydroxyl groups excluding tert-OH is 1. The van der Waals surface area contributed by atoms with Gasteiger partial charge in [-0.2, -0.15) is 0 Å². The van der Waals surface area contributed by atoms with Crippen molar-refractivity contribution in [2.75, 3.05) is 6.61 Å². The van der Waals surface area contributed by atoms with Crippen molar-refractivity contribution in [3.63, 3.8) is 0 Å². The van der Waals surface area contributed by atoms with Crippen LogP contribution in [-0.2, 0) is 23.9 Å². The molecule has 0 amide bonds. The lowest BCUT2D eigenvalue weighted by atomic mass is 9.70. The quantitative estimate of drug-likeness (QED) is 0.242. The smallest absolute Gasteiger partial charge is 0.310 e. The zero-order valence-electron chi connectivity index (χ0n) is 19.3. The number of allylic oxidation sites excluding steroid dienone is 1. The van der Waals surface area contributed by atoms with E-state index >= 15 is 0 Å². The van der Waals surface area contributed by atoms with Gasteiger partial charge in [0, 0.05) is 5.92 Å². The molecule has 0 fully saturated rings. The molecule has 9 heteroatoms. The molecular formula is C22H35Cl3O6. The average molecular weight is 502 g/mol. The molecule has 0 unspecified atom stereocenters. The van der Waals surface area contributed by atoms with Crippen molar-refractivity contribution in [2.24, 2.45) is 23.2 Å². The fourth-order valence-corrected chi connectivity index (χ4v) is 3.46. The Hall–Kier alpha value is -0.820. The average Bonchev–Trinajstić information content (AvgIpc) is 2.57. The predicted molar refractivity (Wildman–Crippen MR) is 123 cm³/mol. The van der Waals surface area contributed by atoms with Crippen LogP contribution in [0.15, 0.2) is 12.7 Å². The van der Waals surface area contributed by atoms with Crippen LogP contribution in [-0.4, -0.2) is 44.9 Å². The van der Waals surface area contributed by atoms with Gasteiger partial charge in [0.05, 0.1) is 23.9 Å². The predicted octanol–water partition coefficient (Wildman–Crippen LogP) is 5.05. The van der Waals surface area contributed by atoms with E-state index in [1.807, 2.05) is 0 Å². The van der Waals surface area contributed by atoms with Crippen LogP contribution in [0.25, 0.3) is 0 Å². The van der Waals surface area contributed by atoms with Crippen LogP contribution in [0.4, 0.5) is 0 Å². The van der Waals surface area contributed by atoms with Crippen LogP contribution in [0, 0.1) is 23.2 Å². The second kappa shape index (κ2) is 11.9. The zero-order valence-corrected chi connectivity index (χ0v) is 21.6. The summed E-state index contributed by atoms with van der Waals surface area (Å²) in [5.74, 6) is -3.67. The number of ether oxygens (including phenoxy) is 2. The minimum atomic E-state index is -1.78. The summed E-state index contributed by atoms with van der Waals surface area (Å²) in [7, 11) is 0. The van der Waals surface area contributed by atoms with Crippen molar-refractivity contribution in [3.05, 3.63) is 12.7 Å². The minimum Gasteiger partial charge on any atom is -0.461 e. The number of Topliss-reactive ketones (excluding diaryl/α,β-unsaturated/α-hetero) is 1. The van der Waals surface area contributed by atoms with Gasteiger partial charge in [-0.3, -0.25) is 14.4 Å². The van der Waals surface area contributed by atoms with Crippen molar-refractivity contribution in [3.8, 4) is 0 Å². The van der Waals surface area contributed by atoms with Gasteiger partial charge in [0.1, 0.15) is 18.0 Å². The molecule has 0 aromatic rings. The molecule has 0 saturated carbocycles. The number of alkyl halides is 3. The Morgan fingerprint density at radius 3 is 2.00 bits per heavy atom. The van der Waals surface area contributed by atoms with Gasteiger partial charge < -0.3 is 14.6 Å². The molecule has 31 heavy (non-hydrogen) atoms. The molecule has 0 aliphatic heterocycles. The van der Waals surface area contributed by atoms with Gasteiger partial charge >= 0.3 is 11.9 Å². The van der Waals surface area contributed by atoms with E-state index in [1.54, 1.807) is 40.7 Å². The van der Waals surface area contributed by atoms with E-state index in [4.69, 9.17) is 44.3 Å². The van der Waals surface area contributed by atoms with Gasteiger partial charge in [-0.15, -0.1) is 6.58 Å². The third kappa shape index (κ3) is 10.6. The molecule has 0 bridgehead atoms. The van der Waals surface area contributed by atoms with E-state index < -0.39 is 57.1 Å². The Morgan fingerprint density at radius 2 is 1.58 bits per heavy atom. The number of hydrogen-bond acceptors (Lipinski definition) is 6. The van der Waals surface area contributed by atoms with Crippen molar-refractivity contribution < 1.29 is 29.0 Å². The van der Waals surface area contributed by atoms with Gasteiger partial charge in [-0.25, -0.2) is 0 Å². The summed E-state index contributed by atoms with van der Waals surface area (Å²) in [6.45, 7) is 14.8. The first-order chi connectivity index (χ1) is 13.8. The highest BCUT2D eigenvalue weighted by Gasteiger charge is 2.45. The van der Waals surface area contributed by atoms with E-state index in [9.17, 15) is 19.5 Å². The fraction of sp³-hybridized carbons (Fsp3) is 0.773. The second-order valence-corrected chi connectivity index (χ2v) is 11.9. The Bertz CT molecular complexity index is 649. The molecular weight excluding hydrogens is 467 g/mol. The van der Waals surface area contributed by atoms with Gasteiger partial charge in [0.25, 0.3) is 0 Å². The Balaban J connectivity index is 5.58. The molecule has 0 saturated heterocycles. The van der Waals surface area contributed by atoms with Crippen molar-refractivity contribution >= 4 is 52.5 Å². The summed E-state index contributed by atoms with van der Waals surface area (Å²) in [5, 5.41) is 10.6. The first kappa shape index (κ1) is 30.2. The third-order valence-electron chi connectivity index (χ3n) is 5.00. The van der Waals surface area contributed by atoms with Crippen molar-refractivity contribution in [1.29, 1.82) is 0 Å². The molecule has 0 heterocycles. The number of hydrogen-bond donors (Lipinski definition) is 1. The molecule has 4 atom stereocenters. The van der Waals surface area contributed by atoms with Gasteiger partial charge in [0.15, 0.2) is 0 Å². The number of ketones is 1. The summed E-state index contributed by atoms with van der Waals surface area (Å²) in [6.07, 6.45) is 0.434. The molecule has 180 valence electrons. The molecule has 0 aliphatic carbocycles. The van der Waals surface area contributed by atoms with E-state index in [0.29, 0.717) is 6.42 Å². The summed E-state index contributed by atoms with van der Waals surface area (Å²) >= 11 is 17.0. The summed E-state index contributed by atoms with van der Waals surface area (Å²) in [5.41, 5.74) is -2.03. The van der Waals surface area contributed by atoms with E-state index in [0.717, 1.165) is 0 Å². The fourth-order valence-electron chi connectivity index (χ4n) is 3.30. The summed E-state index contributed by atoms with van der Waals surface area (Å²) < 4.78 is 8.59. The highest BCUT2D eigenvalue weighted by Crippen LogP contribution is 2.36. The minimum absolute atomic E-state index is 0.293. The molecule has 0 aromatic carbocycles. The molecule has 0 aliphatic rings. The Kier molecular flexibility index (Phi) is 11.6. The van der Waals surface area contributed by atoms with Gasteiger partial charge in [-0.05, 0) is 33.1 Å². The van der Waals surface area contributed by atoms with Crippen LogP contribution in [0.5, 0.6) is 0 Å². The topological polar surface area (TPSA) is 89.9 Å². The summed E-state index contributed by atoms with van der Waals surface area (Å²) in [6, 6.07) is 0. The van der Waals surface area contributed by atoms with Crippen LogP contribution >= 0.6 is 34.8 Å². The molecule has 0 radical (unpaired) electrons. The first-order valence-corrected chi connectivity index (χ1v) is 11.2. The van der Waals surface area contributed by atoms with Gasteiger partial charge in [0.2, 0.25) is 3.79 Å². The highest BCUT2D eigenvalue weighted by atomic mass is 35.6. The number of aliphatic hydroxyl groups is 1. The molecule has 0 spiro atoms. The highest BCUT2D eigenvalue weighted by molar-refractivity contribution is 6.67. The normalized spacial score (nSPS) is 16.6. The molecule has 0 aromatic heterocycles. The number of carbonyl (C=O) groups is 3. The van der Waals surface area contributed by atoms with E-state index in [-0.39, 0.29) is 12.3 Å². The first-order valence-electron chi connectivity index (χ1n) is 10.1. The summed E-state index contributed by atoms with van der Waals surface area (Å²) in [4.78, 5) is 38.2. The van der Waals surface area contributed by atoms with Crippen LogP contribution < -0.4 is 0 Å². The van der Waals surface area contributed by atoms with E-state index in [1.165, 1.54) is 13.8 Å². The standard InChI is InChI=1S/C22H35Cl3O6/c1-9-10-13(2)17(19(29)30-12-22(23,24)25)14(3)18(28)21(7,8)15(26)11-16(27)31-20(4,5)6/h9,13-15,17,26H,1,10-12H2,2-8H3/t13-,14+,15+,17-/m0/s1. The zero-order chi connectivity index (χ0) is 24.8. The molecule has 0 rings (SSSR count). The maximum Gasteiger partial charge on any atom is 0.310 e. The lowest BCUT2D eigenvalue weighted by Crippen LogP contribution is -2.46. The monoisotopic (exact) mass is 500 g/mol. The molecule has 6 nitrogen and oxygen atoms in total. The largest absolute Gasteiger partial charge is 0.461 e. The second-order valence-electron chi connectivity index (χ2n) is 9.43. The van der Waals surface area contributed by atoms with Crippen LogP contribution in [0.3, 0.4) is 0 Å². The lowest BCUT2D eigenvalue weighted by molar-refractivity contribution is -0.162. The van der Waals surface area contributed by atoms with Gasteiger partial charge in [-0.1, -0.05) is 68.6 Å². The number of rotatable bonds is 11. The Labute approximate surface area is 200 Å². The number of carbonyl (C=O) groups excluding carboxylic acids is 3. The SMILES string of the molecule is C=CC[C@H](C)[C@H](C(=O)OCC(Cl)(Cl)Cl)[C@@H](C)C(=O)C(C)(C)[C@H](O)CC(=O)OC(C)(C)C. The lowest BCUT2D eigenvalue weighted by Gasteiger charge is -2.35. The number of esters is 2. The van der Waals surface area contributed by atoms with Crippen molar-refractivity contribution in [1.82, 2.24) is 0 Å². The maximum atomic E-state index is 13.3. The third-order valence-corrected chi connectivity index (χ3v) is 5.33. The van der Waals surface area contributed by atoms with E-state index in [2.05, 4.69) is 6.58 Å². The maximum absolute atomic E-state index is 13.3. The van der Waals surface area contributed by atoms with Crippen LogP contribution in [0.1, 0.15) is 61.3 Å². The Morgan fingerprint density at radius 1 is 1.06 bits per heavy atom. The van der Waals surface area contributed by atoms with Crippen molar-refractivity contribution in [2.45, 2.75) is 76.8 Å².